The SMILES string of the molecule is CCOC(=O)C(N)C(=O)N[C@H](C(=O)O)C(C)C. The molecule has 0 rings (SSSR count). The van der Waals surface area contributed by atoms with Crippen LogP contribution < -0.4 is 11.1 Å². The second-order valence-electron chi connectivity index (χ2n) is 3.80. The molecule has 2 atom stereocenters. The molecule has 0 aliphatic carbocycles. The van der Waals surface area contributed by atoms with Crippen molar-refractivity contribution in [2.45, 2.75) is 32.9 Å². The highest BCUT2D eigenvalue weighted by atomic mass is 16.5. The molecule has 1 amide bonds. The van der Waals surface area contributed by atoms with E-state index in [-0.39, 0.29) is 12.5 Å². The van der Waals surface area contributed by atoms with Gasteiger partial charge < -0.3 is 20.9 Å². The predicted octanol–water partition coefficient (Wildman–Crippen LogP) is -0.898. The summed E-state index contributed by atoms with van der Waals surface area (Å²) in [4.78, 5) is 33.5. The molecule has 7 nitrogen and oxygen atoms in total. The van der Waals surface area contributed by atoms with Gasteiger partial charge in [0, 0.05) is 0 Å². The van der Waals surface area contributed by atoms with Crippen molar-refractivity contribution >= 4 is 17.8 Å². The van der Waals surface area contributed by atoms with Crippen molar-refractivity contribution < 1.29 is 24.2 Å². The number of carboxylic acids is 1. The van der Waals surface area contributed by atoms with Crippen LogP contribution in [-0.4, -0.2) is 41.6 Å². The maximum absolute atomic E-state index is 11.5. The second kappa shape index (κ2) is 6.85. The Morgan fingerprint density at radius 2 is 1.88 bits per heavy atom. The Kier molecular flexibility index (Phi) is 6.19. The fourth-order valence-electron chi connectivity index (χ4n) is 1.10. The Morgan fingerprint density at radius 1 is 1.35 bits per heavy atom. The fraction of sp³-hybridized carbons (Fsp3) is 0.700. The number of carbonyl (C=O) groups excluding carboxylic acids is 2. The first-order valence-corrected chi connectivity index (χ1v) is 5.26. The minimum absolute atomic E-state index is 0.104. The van der Waals surface area contributed by atoms with Crippen molar-refractivity contribution in [1.29, 1.82) is 0 Å². The van der Waals surface area contributed by atoms with Gasteiger partial charge in [-0.3, -0.25) is 4.79 Å². The number of hydrogen-bond donors (Lipinski definition) is 3. The molecule has 7 heteroatoms. The summed E-state index contributed by atoms with van der Waals surface area (Å²) < 4.78 is 4.56. The number of nitrogens with two attached hydrogens (primary N) is 1. The van der Waals surface area contributed by atoms with Crippen molar-refractivity contribution in [3.8, 4) is 0 Å². The van der Waals surface area contributed by atoms with E-state index >= 15 is 0 Å². The average Bonchev–Trinajstić information content (AvgIpc) is 2.23. The van der Waals surface area contributed by atoms with Gasteiger partial charge in [0.05, 0.1) is 6.61 Å². The molecule has 98 valence electrons. The van der Waals surface area contributed by atoms with Crippen LogP contribution in [0.15, 0.2) is 0 Å². The lowest BCUT2D eigenvalue weighted by Gasteiger charge is -2.19. The van der Waals surface area contributed by atoms with Gasteiger partial charge in [-0.1, -0.05) is 13.8 Å². The van der Waals surface area contributed by atoms with Gasteiger partial charge in [-0.15, -0.1) is 0 Å². The number of carboxylic acid groups (broad SMARTS) is 1. The highest BCUT2D eigenvalue weighted by molar-refractivity contribution is 6.02. The lowest BCUT2D eigenvalue weighted by atomic mass is 10.0. The van der Waals surface area contributed by atoms with Crippen LogP contribution in [0.1, 0.15) is 20.8 Å². The van der Waals surface area contributed by atoms with Crippen molar-refractivity contribution in [3.05, 3.63) is 0 Å². The molecule has 0 spiro atoms. The van der Waals surface area contributed by atoms with E-state index in [2.05, 4.69) is 10.1 Å². The molecular weight excluding hydrogens is 228 g/mol. The van der Waals surface area contributed by atoms with E-state index in [0.717, 1.165) is 0 Å². The topological polar surface area (TPSA) is 119 Å². The number of esters is 1. The first kappa shape index (κ1) is 15.4. The smallest absolute Gasteiger partial charge is 0.332 e. The Balaban J connectivity index is 4.51. The van der Waals surface area contributed by atoms with Gasteiger partial charge in [0.15, 0.2) is 6.04 Å². The van der Waals surface area contributed by atoms with Gasteiger partial charge in [-0.25, -0.2) is 9.59 Å². The van der Waals surface area contributed by atoms with Crippen molar-refractivity contribution in [1.82, 2.24) is 5.32 Å². The van der Waals surface area contributed by atoms with Crippen LogP contribution >= 0.6 is 0 Å². The van der Waals surface area contributed by atoms with E-state index < -0.39 is 29.9 Å². The molecule has 4 N–H and O–H groups in total. The van der Waals surface area contributed by atoms with Gasteiger partial charge in [0.1, 0.15) is 6.04 Å². The molecule has 0 aromatic carbocycles. The van der Waals surface area contributed by atoms with E-state index in [4.69, 9.17) is 10.8 Å². The Bertz CT molecular complexity index is 303. The maximum Gasteiger partial charge on any atom is 0.332 e. The largest absolute Gasteiger partial charge is 0.480 e. The molecule has 0 aromatic rings. The van der Waals surface area contributed by atoms with Crippen LogP contribution in [0.2, 0.25) is 0 Å². The normalized spacial score (nSPS) is 13.9. The number of hydrogen-bond acceptors (Lipinski definition) is 5. The third-order valence-electron chi connectivity index (χ3n) is 2.05. The lowest BCUT2D eigenvalue weighted by molar-refractivity contribution is -0.150. The summed E-state index contributed by atoms with van der Waals surface area (Å²) in [6.07, 6.45) is 0. The molecule has 0 heterocycles. The molecule has 17 heavy (non-hydrogen) atoms. The number of nitrogens with one attached hydrogen (secondary N) is 1. The third kappa shape index (κ3) is 4.81. The van der Waals surface area contributed by atoms with Gasteiger partial charge in [0.25, 0.3) is 0 Å². The fourth-order valence-corrected chi connectivity index (χ4v) is 1.10. The highest BCUT2D eigenvalue weighted by Crippen LogP contribution is 2.02. The van der Waals surface area contributed by atoms with Gasteiger partial charge >= 0.3 is 11.9 Å². The highest BCUT2D eigenvalue weighted by Gasteiger charge is 2.29. The van der Waals surface area contributed by atoms with Crippen LogP contribution in [0.4, 0.5) is 0 Å². The van der Waals surface area contributed by atoms with E-state index in [1.165, 1.54) is 0 Å². The summed E-state index contributed by atoms with van der Waals surface area (Å²) in [6.45, 7) is 4.95. The third-order valence-corrected chi connectivity index (χ3v) is 2.05. The molecule has 0 fully saturated rings. The molecule has 0 aromatic heterocycles. The first-order chi connectivity index (χ1) is 7.81. The van der Waals surface area contributed by atoms with E-state index in [9.17, 15) is 14.4 Å². The van der Waals surface area contributed by atoms with Crippen molar-refractivity contribution in [2.24, 2.45) is 11.7 Å². The van der Waals surface area contributed by atoms with Gasteiger partial charge in [-0.05, 0) is 12.8 Å². The maximum atomic E-state index is 11.5. The molecule has 0 radical (unpaired) electrons. The van der Waals surface area contributed by atoms with Gasteiger partial charge in [0.2, 0.25) is 5.91 Å². The van der Waals surface area contributed by atoms with E-state index in [1.54, 1.807) is 20.8 Å². The summed E-state index contributed by atoms with van der Waals surface area (Å²) >= 11 is 0. The number of carbonyl (C=O) groups is 3. The number of rotatable bonds is 6. The van der Waals surface area contributed by atoms with Crippen LogP contribution in [-0.2, 0) is 19.1 Å². The first-order valence-electron chi connectivity index (χ1n) is 5.26. The molecule has 0 aliphatic heterocycles. The molecule has 0 aliphatic rings. The summed E-state index contributed by atoms with van der Waals surface area (Å²) in [5.41, 5.74) is 5.32. The zero-order chi connectivity index (χ0) is 13.6. The van der Waals surface area contributed by atoms with Crippen LogP contribution in [0.25, 0.3) is 0 Å². The minimum atomic E-state index is -1.50. The Labute approximate surface area is 99.3 Å². The van der Waals surface area contributed by atoms with Crippen LogP contribution in [0, 0.1) is 5.92 Å². The second-order valence-corrected chi connectivity index (χ2v) is 3.80. The lowest BCUT2D eigenvalue weighted by Crippen LogP contribution is -2.53. The van der Waals surface area contributed by atoms with Crippen LogP contribution in [0.3, 0.4) is 0 Å². The summed E-state index contributed by atoms with van der Waals surface area (Å²) in [6, 6.07) is -2.58. The zero-order valence-electron chi connectivity index (χ0n) is 10.1. The minimum Gasteiger partial charge on any atom is -0.480 e. The Hall–Kier alpha value is -1.63. The molecular formula is C10H18N2O5. The quantitative estimate of drug-likeness (QED) is 0.413. The Morgan fingerprint density at radius 3 is 2.24 bits per heavy atom. The molecule has 0 bridgehead atoms. The molecule has 1 unspecified atom stereocenters. The van der Waals surface area contributed by atoms with Gasteiger partial charge in [-0.2, -0.15) is 0 Å². The number of ether oxygens (including phenoxy) is 1. The van der Waals surface area contributed by atoms with E-state index in [1.807, 2.05) is 0 Å². The summed E-state index contributed by atoms with van der Waals surface area (Å²) in [7, 11) is 0. The monoisotopic (exact) mass is 246 g/mol. The summed E-state index contributed by atoms with van der Waals surface area (Å²) in [5, 5.41) is 11.0. The molecule has 0 saturated carbocycles. The number of aliphatic carboxylic acids is 1. The molecule has 0 saturated heterocycles. The van der Waals surface area contributed by atoms with Crippen molar-refractivity contribution in [3.63, 3.8) is 0 Å². The van der Waals surface area contributed by atoms with E-state index in [0.29, 0.717) is 0 Å². The van der Waals surface area contributed by atoms with Crippen LogP contribution in [0.5, 0.6) is 0 Å². The summed E-state index contributed by atoms with van der Waals surface area (Å²) in [5.74, 6) is -3.22. The zero-order valence-corrected chi connectivity index (χ0v) is 10.1. The van der Waals surface area contributed by atoms with Crippen molar-refractivity contribution in [2.75, 3.05) is 6.61 Å². The predicted molar refractivity (Wildman–Crippen MR) is 59.0 cm³/mol. The average molecular weight is 246 g/mol. The number of amides is 1. The standard InChI is InChI=1S/C10H18N2O5/c1-4-17-10(16)6(11)8(13)12-7(5(2)3)9(14)15/h5-7H,4,11H2,1-3H3,(H,12,13)(H,14,15)/t6?,7-/m0/s1.